The number of benzene rings is 2. The first-order chi connectivity index (χ1) is 11.6. The van der Waals surface area contributed by atoms with Gasteiger partial charge in [-0.05, 0) is 60.7 Å². The number of fused-ring (bicyclic) bond motifs is 1. The molecule has 0 aliphatic heterocycles. The number of aromatic hydroxyl groups is 1. The summed E-state index contributed by atoms with van der Waals surface area (Å²) in [4.78, 5) is 15.3. The highest BCUT2D eigenvalue weighted by atomic mass is 32.1. The van der Waals surface area contributed by atoms with Gasteiger partial charge in [0.1, 0.15) is 10.8 Å². The number of thiazole rings is 1. The van der Waals surface area contributed by atoms with Crippen LogP contribution in [0.15, 0.2) is 48.5 Å². The number of phenolic OH excluding ortho intramolecular Hbond substituents is 1. The third-order valence-electron chi connectivity index (χ3n) is 3.61. The summed E-state index contributed by atoms with van der Waals surface area (Å²) in [5.41, 5.74) is 2.75. The van der Waals surface area contributed by atoms with E-state index in [1.807, 2.05) is 36.4 Å². The molecule has 1 aromatic heterocycles. The second-order valence-corrected chi connectivity index (χ2v) is 6.51. The molecular formula is C19H16NO3S-. The lowest BCUT2D eigenvalue weighted by atomic mass is 10.1. The smallest absolute Gasteiger partial charge is 0.120 e. The molecule has 0 saturated heterocycles. The lowest BCUT2D eigenvalue weighted by Crippen LogP contribution is -2.21. The maximum atomic E-state index is 10.7. The number of carboxylic acids is 1. The summed E-state index contributed by atoms with van der Waals surface area (Å²) in [5, 5.41) is 21.2. The SMILES string of the molecule is O=C([O-])CCC/C(=C\c1cccc(O)c1)c1nc2ccccc2s1. The molecule has 0 fully saturated rings. The normalized spacial score (nSPS) is 11.8. The molecule has 0 bridgehead atoms. The van der Waals surface area contributed by atoms with Crippen LogP contribution in [0.3, 0.4) is 0 Å². The number of carbonyl (C=O) groups is 1. The van der Waals surface area contributed by atoms with E-state index >= 15 is 0 Å². The number of para-hydroxylation sites is 1. The van der Waals surface area contributed by atoms with Gasteiger partial charge in [-0.15, -0.1) is 11.3 Å². The minimum Gasteiger partial charge on any atom is -0.550 e. The van der Waals surface area contributed by atoms with Crippen LogP contribution in [-0.4, -0.2) is 16.1 Å². The predicted octanol–water partition coefficient (Wildman–Crippen LogP) is 3.46. The molecule has 5 heteroatoms. The van der Waals surface area contributed by atoms with Gasteiger partial charge in [0.05, 0.1) is 10.2 Å². The van der Waals surface area contributed by atoms with Crippen molar-refractivity contribution >= 4 is 39.2 Å². The predicted molar refractivity (Wildman–Crippen MR) is 94.5 cm³/mol. The third kappa shape index (κ3) is 4.00. The number of hydrogen-bond donors (Lipinski definition) is 1. The fourth-order valence-corrected chi connectivity index (χ4v) is 3.50. The molecule has 0 saturated carbocycles. The van der Waals surface area contributed by atoms with Gasteiger partial charge in [-0.1, -0.05) is 24.3 Å². The van der Waals surface area contributed by atoms with E-state index in [9.17, 15) is 15.0 Å². The van der Waals surface area contributed by atoms with Crippen LogP contribution >= 0.6 is 11.3 Å². The number of allylic oxidation sites excluding steroid dienone is 1. The van der Waals surface area contributed by atoms with Gasteiger partial charge in [0.15, 0.2) is 0 Å². The molecule has 4 nitrogen and oxygen atoms in total. The maximum Gasteiger partial charge on any atom is 0.120 e. The van der Waals surface area contributed by atoms with Gasteiger partial charge in [0, 0.05) is 5.97 Å². The molecule has 2 aromatic carbocycles. The number of aromatic nitrogens is 1. The van der Waals surface area contributed by atoms with Crippen molar-refractivity contribution in [1.29, 1.82) is 0 Å². The lowest BCUT2D eigenvalue weighted by Gasteiger charge is -2.06. The van der Waals surface area contributed by atoms with E-state index in [0.29, 0.717) is 12.8 Å². The van der Waals surface area contributed by atoms with E-state index in [1.54, 1.807) is 29.5 Å². The van der Waals surface area contributed by atoms with E-state index in [1.165, 1.54) is 0 Å². The van der Waals surface area contributed by atoms with E-state index in [0.717, 1.165) is 26.4 Å². The van der Waals surface area contributed by atoms with Crippen LogP contribution in [0.1, 0.15) is 29.8 Å². The van der Waals surface area contributed by atoms with Crippen molar-refractivity contribution < 1.29 is 15.0 Å². The monoisotopic (exact) mass is 338 g/mol. The Morgan fingerprint density at radius 1 is 1.17 bits per heavy atom. The highest BCUT2D eigenvalue weighted by Crippen LogP contribution is 2.31. The second kappa shape index (κ2) is 7.27. The molecule has 3 aromatic rings. The zero-order chi connectivity index (χ0) is 16.9. The average molecular weight is 338 g/mol. The lowest BCUT2D eigenvalue weighted by molar-refractivity contribution is -0.305. The number of rotatable bonds is 6. The Morgan fingerprint density at radius 2 is 2.00 bits per heavy atom. The number of hydrogen-bond acceptors (Lipinski definition) is 5. The average Bonchev–Trinajstić information content (AvgIpc) is 2.97. The fraction of sp³-hybridized carbons (Fsp3) is 0.158. The van der Waals surface area contributed by atoms with Crippen molar-refractivity contribution in [3.8, 4) is 5.75 Å². The van der Waals surface area contributed by atoms with Gasteiger partial charge in [-0.2, -0.15) is 0 Å². The number of carboxylic acid groups (broad SMARTS) is 1. The highest BCUT2D eigenvalue weighted by Gasteiger charge is 2.09. The summed E-state index contributed by atoms with van der Waals surface area (Å²) in [6.45, 7) is 0. The van der Waals surface area contributed by atoms with E-state index < -0.39 is 5.97 Å². The molecule has 0 aliphatic rings. The molecule has 1 N–H and O–H groups in total. The molecule has 0 atom stereocenters. The maximum absolute atomic E-state index is 10.7. The van der Waals surface area contributed by atoms with Crippen LogP contribution < -0.4 is 5.11 Å². The Hall–Kier alpha value is -2.66. The van der Waals surface area contributed by atoms with Gasteiger partial charge in [0.25, 0.3) is 0 Å². The van der Waals surface area contributed by atoms with Crippen molar-refractivity contribution in [2.75, 3.05) is 0 Å². The van der Waals surface area contributed by atoms with Crippen LogP contribution in [0.4, 0.5) is 0 Å². The van der Waals surface area contributed by atoms with Crippen LogP contribution in [0.5, 0.6) is 5.75 Å². The molecular weight excluding hydrogens is 322 g/mol. The van der Waals surface area contributed by atoms with Gasteiger partial charge < -0.3 is 15.0 Å². The van der Waals surface area contributed by atoms with Crippen molar-refractivity contribution in [3.05, 3.63) is 59.1 Å². The van der Waals surface area contributed by atoms with Gasteiger partial charge in [-0.25, -0.2) is 4.98 Å². The Kier molecular flexibility index (Phi) is 4.91. The first kappa shape index (κ1) is 16.2. The van der Waals surface area contributed by atoms with Crippen LogP contribution in [-0.2, 0) is 4.79 Å². The van der Waals surface area contributed by atoms with Crippen molar-refractivity contribution in [3.63, 3.8) is 0 Å². The Labute approximate surface area is 143 Å². The quantitative estimate of drug-likeness (QED) is 0.747. The first-order valence-corrected chi connectivity index (χ1v) is 8.49. The Bertz CT molecular complexity index is 865. The van der Waals surface area contributed by atoms with Crippen molar-refractivity contribution in [1.82, 2.24) is 4.98 Å². The third-order valence-corrected chi connectivity index (χ3v) is 4.72. The van der Waals surface area contributed by atoms with E-state index in [2.05, 4.69) is 4.98 Å². The fourth-order valence-electron chi connectivity index (χ4n) is 2.49. The van der Waals surface area contributed by atoms with Crippen LogP contribution in [0, 0.1) is 0 Å². The van der Waals surface area contributed by atoms with Crippen LogP contribution in [0.2, 0.25) is 0 Å². The zero-order valence-electron chi connectivity index (χ0n) is 12.9. The minimum atomic E-state index is -1.05. The standard InChI is InChI=1S/C19H17NO3S/c21-15-7-3-5-13(12-15)11-14(6-4-10-18(22)23)19-20-16-8-1-2-9-17(16)24-19/h1-3,5,7-9,11-12,21H,4,6,10H2,(H,22,23)/p-1/b14-11+. The largest absolute Gasteiger partial charge is 0.550 e. The Morgan fingerprint density at radius 3 is 2.75 bits per heavy atom. The van der Waals surface area contributed by atoms with Crippen molar-refractivity contribution in [2.45, 2.75) is 19.3 Å². The molecule has 0 radical (unpaired) electrons. The topological polar surface area (TPSA) is 73.2 Å². The molecule has 0 amide bonds. The zero-order valence-corrected chi connectivity index (χ0v) is 13.8. The van der Waals surface area contributed by atoms with E-state index in [-0.39, 0.29) is 12.2 Å². The van der Waals surface area contributed by atoms with Gasteiger partial charge in [0.2, 0.25) is 0 Å². The summed E-state index contributed by atoms with van der Waals surface area (Å²) in [6, 6.07) is 14.9. The number of carbonyl (C=O) groups excluding carboxylic acids is 1. The summed E-state index contributed by atoms with van der Waals surface area (Å²) in [6.07, 6.45) is 3.04. The molecule has 0 unspecified atom stereocenters. The van der Waals surface area contributed by atoms with E-state index in [4.69, 9.17) is 0 Å². The molecule has 0 spiro atoms. The minimum absolute atomic E-state index is 0.0161. The second-order valence-electron chi connectivity index (χ2n) is 5.48. The van der Waals surface area contributed by atoms with Crippen LogP contribution in [0.25, 0.3) is 21.9 Å². The summed E-state index contributed by atoms with van der Waals surface area (Å²) in [7, 11) is 0. The number of nitrogens with zero attached hydrogens (tertiary/aromatic N) is 1. The number of phenols is 1. The molecule has 0 aliphatic carbocycles. The van der Waals surface area contributed by atoms with Gasteiger partial charge >= 0.3 is 0 Å². The summed E-state index contributed by atoms with van der Waals surface area (Å²) < 4.78 is 1.09. The summed E-state index contributed by atoms with van der Waals surface area (Å²) >= 11 is 1.58. The van der Waals surface area contributed by atoms with Gasteiger partial charge in [-0.3, -0.25) is 0 Å². The van der Waals surface area contributed by atoms with Crippen molar-refractivity contribution in [2.24, 2.45) is 0 Å². The number of aliphatic carboxylic acids is 1. The highest BCUT2D eigenvalue weighted by molar-refractivity contribution is 7.19. The molecule has 3 rings (SSSR count). The molecule has 1 heterocycles. The first-order valence-electron chi connectivity index (χ1n) is 7.67. The summed E-state index contributed by atoms with van der Waals surface area (Å²) in [5.74, 6) is -0.849. The molecule has 122 valence electrons. The Balaban J connectivity index is 1.95. The molecule has 24 heavy (non-hydrogen) atoms.